The fourth-order valence-corrected chi connectivity index (χ4v) is 2.48. The molecule has 0 radical (unpaired) electrons. The van der Waals surface area contributed by atoms with Gasteiger partial charge in [0.25, 0.3) is 0 Å². The van der Waals surface area contributed by atoms with Crippen LogP contribution < -0.4 is 10.2 Å². The van der Waals surface area contributed by atoms with Crippen LogP contribution in [0.15, 0.2) is 24.3 Å². The maximum atomic E-state index is 13.3. The molecule has 0 saturated carbocycles. The Kier molecular flexibility index (Phi) is 4.37. The quantitative estimate of drug-likeness (QED) is 0.873. The van der Waals surface area contributed by atoms with E-state index in [1.165, 1.54) is 12.1 Å². The maximum Gasteiger partial charge on any atom is 0.303 e. The molecule has 2 unspecified atom stereocenters. The average Bonchev–Trinajstić information content (AvgIpc) is 2.37. The van der Waals surface area contributed by atoms with Gasteiger partial charge in [-0.2, -0.15) is 0 Å². The third kappa shape index (κ3) is 3.67. The SMILES string of the molecule is CC1CN(c2cccc(F)c2)C(CCC(=O)O)CN1. The highest BCUT2D eigenvalue weighted by Gasteiger charge is 2.26. The Bertz CT molecular complexity index is 453. The molecule has 2 rings (SSSR count). The normalized spacial score (nSPS) is 23.4. The number of aliphatic carboxylic acids is 1. The molecule has 1 aromatic rings. The van der Waals surface area contributed by atoms with Crippen molar-refractivity contribution in [1.29, 1.82) is 0 Å². The minimum atomic E-state index is -0.794. The first kappa shape index (κ1) is 13.8. The summed E-state index contributed by atoms with van der Waals surface area (Å²) >= 11 is 0. The molecule has 1 fully saturated rings. The Labute approximate surface area is 112 Å². The van der Waals surface area contributed by atoms with Gasteiger partial charge < -0.3 is 15.3 Å². The number of rotatable bonds is 4. The van der Waals surface area contributed by atoms with Crippen molar-refractivity contribution in [2.45, 2.75) is 31.8 Å². The second-order valence-electron chi connectivity index (χ2n) is 5.03. The van der Waals surface area contributed by atoms with Crippen molar-refractivity contribution in [3.05, 3.63) is 30.1 Å². The molecular weight excluding hydrogens is 247 g/mol. The van der Waals surface area contributed by atoms with Crippen LogP contribution in [-0.2, 0) is 4.79 Å². The van der Waals surface area contributed by atoms with E-state index in [2.05, 4.69) is 17.1 Å². The summed E-state index contributed by atoms with van der Waals surface area (Å²) in [6, 6.07) is 6.88. The van der Waals surface area contributed by atoms with Gasteiger partial charge >= 0.3 is 5.97 Å². The lowest BCUT2D eigenvalue weighted by molar-refractivity contribution is -0.137. The van der Waals surface area contributed by atoms with Gasteiger partial charge in [0.05, 0.1) is 0 Å². The van der Waals surface area contributed by atoms with Gasteiger partial charge in [-0.1, -0.05) is 6.07 Å². The van der Waals surface area contributed by atoms with Crippen LogP contribution in [0.2, 0.25) is 0 Å². The predicted molar refractivity (Wildman–Crippen MR) is 71.9 cm³/mol. The Balaban J connectivity index is 2.14. The summed E-state index contributed by atoms with van der Waals surface area (Å²) in [5, 5.41) is 12.1. The van der Waals surface area contributed by atoms with Crippen molar-refractivity contribution in [3.63, 3.8) is 0 Å². The molecule has 0 bridgehead atoms. The van der Waals surface area contributed by atoms with Crippen LogP contribution in [-0.4, -0.2) is 36.2 Å². The van der Waals surface area contributed by atoms with Crippen LogP contribution in [0.4, 0.5) is 10.1 Å². The van der Waals surface area contributed by atoms with E-state index >= 15 is 0 Å². The van der Waals surface area contributed by atoms with Gasteiger partial charge in [0.15, 0.2) is 0 Å². The largest absolute Gasteiger partial charge is 0.481 e. The van der Waals surface area contributed by atoms with Crippen molar-refractivity contribution < 1.29 is 14.3 Å². The summed E-state index contributed by atoms with van der Waals surface area (Å²) in [5.74, 6) is -1.06. The number of piperazine rings is 1. The summed E-state index contributed by atoms with van der Waals surface area (Å²) in [7, 11) is 0. The van der Waals surface area contributed by atoms with Crippen molar-refractivity contribution in [2.75, 3.05) is 18.0 Å². The van der Waals surface area contributed by atoms with Crippen molar-refractivity contribution in [2.24, 2.45) is 0 Å². The van der Waals surface area contributed by atoms with E-state index in [1.807, 2.05) is 6.07 Å². The minimum absolute atomic E-state index is 0.0918. The van der Waals surface area contributed by atoms with E-state index in [4.69, 9.17) is 5.11 Å². The number of hydrogen-bond acceptors (Lipinski definition) is 3. The third-order valence-corrected chi connectivity index (χ3v) is 3.44. The molecule has 1 aliphatic rings. The van der Waals surface area contributed by atoms with Crippen molar-refractivity contribution >= 4 is 11.7 Å². The zero-order chi connectivity index (χ0) is 13.8. The smallest absolute Gasteiger partial charge is 0.303 e. The Morgan fingerprint density at radius 1 is 1.58 bits per heavy atom. The highest BCUT2D eigenvalue weighted by atomic mass is 19.1. The molecule has 19 heavy (non-hydrogen) atoms. The number of carbonyl (C=O) groups is 1. The van der Waals surface area contributed by atoms with Gasteiger partial charge in [-0.25, -0.2) is 4.39 Å². The molecule has 0 amide bonds. The van der Waals surface area contributed by atoms with E-state index in [1.54, 1.807) is 6.07 Å². The van der Waals surface area contributed by atoms with Gasteiger partial charge in [0, 0.05) is 37.3 Å². The van der Waals surface area contributed by atoms with Gasteiger partial charge in [-0.3, -0.25) is 4.79 Å². The van der Waals surface area contributed by atoms with Gasteiger partial charge in [0.2, 0.25) is 0 Å². The Morgan fingerprint density at radius 3 is 3.05 bits per heavy atom. The molecule has 1 saturated heterocycles. The number of carboxylic acids is 1. The lowest BCUT2D eigenvalue weighted by atomic mass is 10.0. The topological polar surface area (TPSA) is 52.6 Å². The standard InChI is InChI=1S/C14H19FN2O2/c1-10-9-17(12-4-2-3-11(15)7-12)13(8-16-10)5-6-14(18)19/h2-4,7,10,13,16H,5-6,8-9H2,1H3,(H,18,19). The number of nitrogens with one attached hydrogen (secondary N) is 1. The fraction of sp³-hybridized carbons (Fsp3) is 0.500. The van der Waals surface area contributed by atoms with E-state index in [9.17, 15) is 9.18 Å². The van der Waals surface area contributed by atoms with Crippen LogP contribution in [0, 0.1) is 5.82 Å². The first-order valence-electron chi connectivity index (χ1n) is 6.53. The van der Waals surface area contributed by atoms with Crippen molar-refractivity contribution in [3.8, 4) is 0 Å². The van der Waals surface area contributed by atoms with E-state index in [0.717, 1.165) is 18.8 Å². The van der Waals surface area contributed by atoms with Crippen LogP contribution >= 0.6 is 0 Å². The molecule has 0 spiro atoms. The number of carboxylic acid groups (broad SMARTS) is 1. The molecular formula is C14H19FN2O2. The molecule has 0 aromatic heterocycles. The average molecular weight is 266 g/mol. The summed E-state index contributed by atoms with van der Waals surface area (Å²) in [4.78, 5) is 12.8. The van der Waals surface area contributed by atoms with Crippen LogP contribution in [0.3, 0.4) is 0 Å². The second kappa shape index (κ2) is 6.02. The first-order valence-corrected chi connectivity index (χ1v) is 6.53. The lowest BCUT2D eigenvalue weighted by Crippen LogP contribution is -2.55. The lowest BCUT2D eigenvalue weighted by Gasteiger charge is -2.41. The van der Waals surface area contributed by atoms with E-state index in [0.29, 0.717) is 12.5 Å². The summed E-state index contributed by atoms with van der Waals surface area (Å²) in [5.41, 5.74) is 0.823. The van der Waals surface area contributed by atoms with Crippen LogP contribution in [0.1, 0.15) is 19.8 Å². The van der Waals surface area contributed by atoms with Crippen molar-refractivity contribution in [1.82, 2.24) is 5.32 Å². The molecule has 5 heteroatoms. The molecule has 2 atom stereocenters. The number of nitrogens with zero attached hydrogens (tertiary/aromatic N) is 1. The molecule has 104 valence electrons. The highest BCUT2D eigenvalue weighted by molar-refractivity contribution is 5.66. The van der Waals surface area contributed by atoms with Crippen LogP contribution in [0.5, 0.6) is 0 Å². The van der Waals surface area contributed by atoms with Crippen LogP contribution in [0.25, 0.3) is 0 Å². The maximum absolute atomic E-state index is 13.3. The molecule has 4 nitrogen and oxygen atoms in total. The number of hydrogen-bond donors (Lipinski definition) is 2. The number of halogens is 1. The summed E-state index contributed by atoms with van der Waals surface area (Å²) < 4.78 is 13.3. The predicted octanol–water partition coefficient (Wildman–Crippen LogP) is 1.86. The zero-order valence-electron chi connectivity index (χ0n) is 11.0. The van der Waals surface area contributed by atoms with Gasteiger partial charge in [-0.05, 0) is 31.5 Å². The van der Waals surface area contributed by atoms with E-state index in [-0.39, 0.29) is 18.3 Å². The molecule has 1 aliphatic heterocycles. The fourth-order valence-electron chi connectivity index (χ4n) is 2.48. The summed E-state index contributed by atoms with van der Waals surface area (Å²) in [6.45, 7) is 3.55. The summed E-state index contributed by atoms with van der Waals surface area (Å²) in [6.07, 6.45) is 0.693. The molecule has 2 N–H and O–H groups in total. The number of benzene rings is 1. The highest BCUT2D eigenvalue weighted by Crippen LogP contribution is 2.23. The second-order valence-corrected chi connectivity index (χ2v) is 5.03. The first-order chi connectivity index (χ1) is 9.06. The van der Waals surface area contributed by atoms with E-state index < -0.39 is 5.97 Å². The van der Waals surface area contributed by atoms with Gasteiger partial charge in [-0.15, -0.1) is 0 Å². The Hall–Kier alpha value is -1.62. The zero-order valence-corrected chi connectivity index (χ0v) is 11.0. The number of anilines is 1. The minimum Gasteiger partial charge on any atom is -0.481 e. The van der Waals surface area contributed by atoms with Gasteiger partial charge in [0.1, 0.15) is 5.82 Å². The molecule has 0 aliphatic carbocycles. The monoisotopic (exact) mass is 266 g/mol. The molecule has 1 heterocycles. The third-order valence-electron chi connectivity index (χ3n) is 3.44. The molecule has 1 aromatic carbocycles. The Morgan fingerprint density at radius 2 is 2.37 bits per heavy atom.